The predicted octanol–water partition coefficient (Wildman–Crippen LogP) is 4.49. The van der Waals surface area contributed by atoms with Crippen molar-refractivity contribution in [2.24, 2.45) is 0 Å². The zero-order valence-electron chi connectivity index (χ0n) is 9.63. The van der Waals surface area contributed by atoms with Gasteiger partial charge in [-0.1, -0.05) is 11.6 Å². The number of hydrogen-bond donors (Lipinski definition) is 1. The lowest BCUT2D eigenvalue weighted by Crippen LogP contribution is -2.10. The second kappa shape index (κ2) is 5.17. The van der Waals surface area contributed by atoms with Crippen molar-refractivity contribution < 1.29 is 4.39 Å². The van der Waals surface area contributed by atoms with Gasteiger partial charge in [0.25, 0.3) is 0 Å². The number of thiophene rings is 1. The first-order chi connectivity index (χ1) is 8.11. The van der Waals surface area contributed by atoms with Crippen LogP contribution in [0.4, 0.5) is 4.39 Å². The van der Waals surface area contributed by atoms with Crippen LogP contribution in [-0.2, 0) is 0 Å². The third-order valence-corrected chi connectivity index (χ3v) is 4.31. The van der Waals surface area contributed by atoms with Gasteiger partial charge in [-0.15, -0.1) is 11.3 Å². The summed E-state index contributed by atoms with van der Waals surface area (Å²) in [6.45, 7) is 2.09. The second-order valence-corrected chi connectivity index (χ2v) is 5.36. The predicted molar refractivity (Wildman–Crippen MR) is 72.2 cm³/mol. The quantitative estimate of drug-likeness (QED) is 0.866. The Morgan fingerprint density at radius 3 is 2.76 bits per heavy atom. The molecule has 90 valence electrons. The van der Waals surface area contributed by atoms with E-state index in [-0.39, 0.29) is 5.82 Å². The molecule has 0 bridgehead atoms. The Bertz CT molecular complexity index is 524. The maximum atomic E-state index is 13.2. The zero-order chi connectivity index (χ0) is 12.4. The Balaban J connectivity index is 2.40. The SMILES string of the molecule is CNC(C)c1ccc(-c2cc(F)ccc2Cl)s1. The van der Waals surface area contributed by atoms with Crippen LogP contribution < -0.4 is 5.32 Å². The minimum Gasteiger partial charge on any atom is -0.313 e. The molecule has 0 amide bonds. The van der Waals surface area contributed by atoms with Gasteiger partial charge < -0.3 is 5.32 Å². The van der Waals surface area contributed by atoms with Gasteiger partial charge in [0.1, 0.15) is 5.82 Å². The van der Waals surface area contributed by atoms with Crippen LogP contribution in [0.15, 0.2) is 30.3 Å². The van der Waals surface area contributed by atoms with E-state index in [0.717, 1.165) is 10.4 Å². The van der Waals surface area contributed by atoms with E-state index < -0.39 is 0 Å². The minimum atomic E-state index is -0.263. The monoisotopic (exact) mass is 269 g/mol. The molecule has 1 nitrogen and oxygen atoms in total. The van der Waals surface area contributed by atoms with Crippen LogP contribution in [0.25, 0.3) is 10.4 Å². The van der Waals surface area contributed by atoms with Crippen molar-refractivity contribution in [3.8, 4) is 10.4 Å². The molecule has 0 fully saturated rings. The molecule has 0 aliphatic rings. The van der Waals surface area contributed by atoms with Gasteiger partial charge in [-0.2, -0.15) is 0 Å². The van der Waals surface area contributed by atoms with E-state index in [2.05, 4.69) is 12.2 Å². The van der Waals surface area contributed by atoms with Crippen molar-refractivity contribution in [1.29, 1.82) is 0 Å². The summed E-state index contributed by atoms with van der Waals surface area (Å²) in [6, 6.07) is 8.75. The molecule has 0 radical (unpaired) electrons. The highest BCUT2D eigenvalue weighted by atomic mass is 35.5. The summed E-state index contributed by atoms with van der Waals surface area (Å²) >= 11 is 7.71. The molecule has 2 aromatic rings. The number of rotatable bonds is 3. The third-order valence-electron chi connectivity index (χ3n) is 2.68. The van der Waals surface area contributed by atoms with E-state index in [9.17, 15) is 4.39 Å². The molecule has 1 N–H and O–H groups in total. The average molecular weight is 270 g/mol. The summed E-state index contributed by atoms with van der Waals surface area (Å²) in [5, 5.41) is 3.76. The van der Waals surface area contributed by atoms with Gasteiger partial charge >= 0.3 is 0 Å². The maximum absolute atomic E-state index is 13.2. The lowest BCUT2D eigenvalue weighted by Gasteiger charge is -2.06. The van der Waals surface area contributed by atoms with Crippen molar-refractivity contribution in [3.05, 3.63) is 46.0 Å². The molecular formula is C13H13ClFNS. The molecular weight excluding hydrogens is 257 g/mol. The molecule has 0 spiro atoms. The van der Waals surface area contributed by atoms with E-state index in [1.54, 1.807) is 17.4 Å². The molecule has 0 saturated carbocycles. The van der Waals surface area contributed by atoms with E-state index in [1.807, 2.05) is 19.2 Å². The van der Waals surface area contributed by atoms with Gasteiger partial charge in [0.2, 0.25) is 0 Å². The molecule has 1 aromatic heterocycles. The summed E-state index contributed by atoms with van der Waals surface area (Å²) in [7, 11) is 1.92. The van der Waals surface area contributed by atoms with Gasteiger partial charge in [0.05, 0.1) is 0 Å². The molecule has 0 aliphatic heterocycles. The van der Waals surface area contributed by atoms with Gasteiger partial charge in [-0.25, -0.2) is 4.39 Å². The first kappa shape index (κ1) is 12.6. The van der Waals surface area contributed by atoms with E-state index in [0.29, 0.717) is 11.1 Å². The van der Waals surface area contributed by atoms with Crippen molar-refractivity contribution in [3.63, 3.8) is 0 Å². The largest absolute Gasteiger partial charge is 0.313 e. The van der Waals surface area contributed by atoms with E-state index in [4.69, 9.17) is 11.6 Å². The summed E-state index contributed by atoms with van der Waals surface area (Å²) < 4.78 is 13.2. The number of benzene rings is 1. The molecule has 17 heavy (non-hydrogen) atoms. The lowest BCUT2D eigenvalue weighted by molar-refractivity contribution is 0.628. The molecule has 1 unspecified atom stereocenters. The normalized spacial score (nSPS) is 12.7. The fourth-order valence-electron chi connectivity index (χ4n) is 1.56. The Morgan fingerprint density at radius 2 is 2.06 bits per heavy atom. The van der Waals surface area contributed by atoms with Crippen molar-refractivity contribution >= 4 is 22.9 Å². The topological polar surface area (TPSA) is 12.0 Å². The van der Waals surface area contributed by atoms with Crippen molar-refractivity contribution in [2.45, 2.75) is 13.0 Å². The minimum absolute atomic E-state index is 0.263. The van der Waals surface area contributed by atoms with Crippen LogP contribution in [0.2, 0.25) is 5.02 Å². The maximum Gasteiger partial charge on any atom is 0.123 e. The number of hydrogen-bond acceptors (Lipinski definition) is 2. The van der Waals surface area contributed by atoms with Gasteiger partial charge in [0, 0.05) is 26.4 Å². The fourth-order valence-corrected chi connectivity index (χ4v) is 2.93. The van der Waals surface area contributed by atoms with Gasteiger partial charge in [0.15, 0.2) is 0 Å². The number of nitrogens with one attached hydrogen (secondary N) is 1. The molecule has 1 atom stereocenters. The van der Waals surface area contributed by atoms with Crippen LogP contribution in [0, 0.1) is 5.82 Å². The highest BCUT2D eigenvalue weighted by Crippen LogP contribution is 2.35. The highest BCUT2D eigenvalue weighted by molar-refractivity contribution is 7.15. The number of halogens is 2. The van der Waals surface area contributed by atoms with Crippen LogP contribution in [-0.4, -0.2) is 7.05 Å². The van der Waals surface area contributed by atoms with Gasteiger partial charge in [-0.3, -0.25) is 0 Å². The summed E-state index contributed by atoms with van der Waals surface area (Å²) in [4.78, 5) is 2.20. The molecule has 4 heteroatoms. The molecule has 0 aliphatic carbocycles. The Kier molecular flexibility index (Phi) is 3.82. The standard InChI is InChI=1S/C13H13ClFNS/c1-8(16-2)12-5-6-13(17-12)10-7-9(15)3-4-11(10)14/h3-8,16H,1-2H3. The summed E-state index contributed by atoms with van der Waals surface area (Å²) in [6.07, 6.45) is 0. The summed E-state index contributed by atoms with van der Waals surface area (Å²) in [5.74, 6) is -0.263. The molecule has 0 saturated heterocycles. The van der Waals surface area contributed by atoms with E-state index in [1.165, 1.54) is 17.0 Å². The average Bonchev–Trinajstić information content (AvgIpc) is 2.80. The van der Waals surface area contributed by atoms with Crippen LogP contribution in [0.3, 0.4) is 0 Å². The molecule has 1 heterocycles. The third kappa shape index (κ3) is 2.68. The smallest absolute Gasteiger partial charge is 0.123 e. The highest BCUT2D eigenvalue weighted by Gasteiger charge is 2.10. The van der Waals surface area contributed by atoms with Crippen LogP contribution >= 0.6 is 22.9 Å². The van der Waals surface area contributed by atoms with Crippen molar-refractivity contribution in [2.75, 3.05) is 7.05 Å². The zero-order valence-corrected chi connectivity index (χ0v) is 11.2. The first-order valence-electron chi connectivity index (χ1n) is 5.34. The Morgan fingerprint density at radius 1 is 1.29 bits per heavy atom. The molecule has 2 rings (SSSR count). The lowest BCUT2D eigenvalue weighted by atomic mass is 10.2. The Hall–Kier alpha value is -0.900. The Labute approximate surface area is 109 Å². The van der Waals surface area contributed by atoms with Crippen molar-refractivity contribution in [1.82, 2.24) is 5.32 Å². The van der Waals surface area contributed by atoms with Gasteiger partial charge in [-0.05, 0) is 44.3 Å². The fraction of sp³-hybridized carbons (Fsp3) is 0.231. The first-order valence-corrected chi connectivity index (χ1v) is 6.53. The molecule has 1 aromatic carbocycles. The van der Waals surface area contributed by atoms with Crippen LogP contribution in [0.5, 0.6) is 0 Å². The van der Waals surface area contributed by atoms with Crippen LogP contribution in [0.1, 0.15) is 17.8 Å². The van der Waals surface area contributed by atoms with E-state index >= 15 is 0 Å². The summed E-state index contributed by atoms with van der Waals surface area (Å²) in [5.41, 5.74) is 0.756. The second-order valence-electron chi connectivity index (χ2n) is 3.84.